The Hall–Kier alpha value is -2.63. The van der Waals surface area contributed by atoms with Gasteiger partial charge in [-0.05, 0) is 17.5 Å². The molecule has 0 bridgehead atoms. The average molecular weight is 340 g/mol. The van der Waals surface area contributed by atoms with Crippen molar-refractivity contribution in [2.24, 2.45) is 11.8 Å². The Balaban J connectivity index is 1.61. The minimum atomic E-state index is -0.258. The summed E-state index contributed by atoms with van der Waals surface area (Å²) >= 11 is 0. The number of aromatic nitrogens is 2. The Morgan fingerprint density at radius 1 is 1.36 bits per heavy atom. The van der Waals surface area contributed by atoms with E-state index in [1.165, 1.54) is 0 Å². The molecule has 25 heavy (non-hydrogen) atoms. The van der Waals surface area contributed by atoms with Crippen LogP contribution in [0.4, 0.5) is 0 Å². The Morgan fingerprint density at radius 3 is 2.88 bits per heavy atom. The van der Waals surface area contributed by atoms with Gasteiger partial charge in [0.25, 0.3) is 0 Å². The second kappa shape index (κ2) is 7.51. The molecule has 1 aromatic carbocycles. The fourth-order valence-corrected chi connectivity index (χ4v) is 3.21. The molecular weight excluding hydrogens is 316 g/mol. The smallest absolute Gasteiger partial charge is 0.225 e. The summed E-state index contributed by atoms with van der Waals surface area (Å²) in [5.74, 6) is 0.173. The van der Waals surface area contributed by atoms with E-state index in [0.717, 1.165) is 11.3 Å². The fraction of sp³-hybridized carbons (Fsp3) is 0.421. The molecule has 2 amide bonds. The van der Waals surface area contributed by atoms with Crippen LogP contribution in [0.5, 0.6) is 0 Å². The van der Waals surface area contributed by atoms with Crippen LogP contribution in [0, 0.1) is 11.8 Å². The van der Waals surface area contributed by atoms with E-state index >= 15 is 0 Å². The van der Waals surface area contributed by atoms with Gasteiger partial charge in [0.2, 0.25) is 11.8 Å². The highest BCUT2D eigenvalue weighted by atomic mass is 16.2. The van der Waals surface area contributed by atoms with Crippen LogP contribution < -0.4 is 5.32 Å². The van der Waals surface area contributed by atoms with Gasteiger partial charge in [-0.3, -0.25) is 9.59 Å². The molecule has 6 heteroatoms. The molecule has 2 aromatic rings. The molecule has 1 atom stereocenters. The van der Waals surface area contributed by atoms with E-state index in [0.29, 0.717) is 32.0 Å². The van der Waals surface area contributed by atoms with Crippen LogP contribution in [0.3, 0.4) is 0 Å². The maximum atomic E-state index is 12.5. The molecule has 1 fully saturated rings. The lowest BCUT2D eigenvalue weighted by atomic mass is 10.1. The lowest BCUT2D eigenvalue weighted by molar-refractivity contribution is -0.129. The number of benzene rings is 1. The lowest BCUT2D eigenvalue weighted by Crippen LogP contribution is -2.34. The fourth-order valence-electron chi connectivity index (χ4n) is 3.21. The van der Waals surface area contributed by atoms with Crippen LogP contribution >= 0.6 is 0 Å². The van der Waals surface area contributed by atoms with Gasteiger partial charge in [-0.25, -0.2) is 4.98 Å². The Morgan fingerprint density at radius 2 is 2.16 bits per heavy atom. The van der Waals surface area contributed by atoms with Gasteiger partial charge < -0.3 is 14.8 Å². The van der Waals surface area contributed by atoms with Crippen molar-refractivity contribution in [3.63, 3.8) is 0 Å². The van der Waals surface area contributed by atoms with Crippen molar-refractivity contribution in [2.75, 3.05) is 13.1 Å². The number of hydrogen-bond acceptors (Lipinski definition) is 3. The number of nitrogens with one attached hydrogen (secondary N) is 1. The molecule has 0 radical (unpaired) electrons. The van der Waals surface area contributed by atoms with Crippen molar-refractivity contribution >= 4 is 11.8 Å². The Labute approximate surface area is 147 Å². The summed E-state index contributed by atoms with van der Waals surface area (Å²) in [4.78, 5) is 30.4. The molecule has 1 aromatic heterocycles. The van der Waals surface area contributed by atoms with Gasteiger partial charge >= 0.3 is 0 Å². The zero-order chi connectivity index (χ0) is 17.8. The van der Waals surface area contributed by atoms with E-state index in [2.05, 4.69) is 24.1 Å². The largest absolute Gasteiger partial charge is 0.352 e. The number of hydrogen-bond donors (Lipinski definition) is 1. The van der Waals surface area contributed by atoms with Gasteiger partial charge in [0, 0.05) is 38.4 Å². The van der Waals surface area contributed by atoms with Gasteiger partial charge in [0.15, 0.2) is 0 Å². The third-order valence-corrected chi connectivity index (χ3v) is 4.40. The number of likely N-dealkylation sites (tertiary alicyclic amines) is 1. The van der Waals surface area contributed by atoms with Crippen molar-refractivity contribution in [3.05, 3.63) is 48.5 Å². The molecule has 3 rings (SSSR count). The van der Waals surface area contributed by atoms with Gasteiger partial charge in [0.05, 0.1) is 17.9 Å². The third-order valence-electron chi connectivity index (χ3n) is 4.40. The first-order valence-electron chi connectivity index (χ1n) is 8.66. The number of rotatable bonds is 6. The van der Waals surface area contributed by atoms with Crippen molar-refractivity contribution in [3.8, 4) is 5.69 Å². The molecule has 0 unspecified atom stereocenters. The first-order valence-corrected chi connectivity index (χ1v) is 8.66. The molecule has 0 aliphatic carbocycles. The molecule has 1 N–H and O–H groups in total. The SMILES string of the molecule is CC(C)CN1C[C@@H](C(=O)NCc2ccccc2-n2ccnc2)CC1=O. The van der Waals surface area contributed by atoms with Crippen LogP contribution in [0.25, 0.3) is 5.69 Å². The summed E-state index contributed by atoms with van der Waals surface area (Å²) in [5.41, 5.74) is 2.00. The summed E-state index contributed by atoms with van der Waals surface area (Å²) < 4.78 is 1.92. The van der Waals surface area contributed by atoms with Crippen molar-refractivity contribution in [1.82, 2.24) is 19.8 Å². The van der Waals surface area contributed by atoms with E-state index in [1.807, 2.05) is 35.0 Å². The standard InChI is InChI=1S/C19H24N4O2/c1-14(2)11-23-12-16(9-18(23)24)19(25)21-10-15-5-3-4-6-17(15)22-8-7-20-13-22/h3-8,13-14,16H,9-12H2,1-2H3,(H,21,25)/t16-/m0/s1. The highest BCUT2D eigenvalue weighted by molar-refractivity contribution is 5.89. The lowest BCUT2D eigenvalue weighted by Gasteiger charge is -2.18. The van der Waals surface area contributed by atoms with Gasteiger partial charge in [-0.1, -0.05) is 32.0 Å². The zero-order valence-corrected chi connectivity index (χ0v) is 14.7. The highest BCUT2D eigenvalue weighted by Crippen LogP contribution is 2.20. The summed E-state index contributed by atoms with van der Waals surface area (Å²) in [7, 11) is 0. The predicted molar refractivity (Wildman–Crippen MR) is 94.9 cm³/mol. The molecule has 0 spiro atoms. The summed E-state index contributed by atoms with van der Waals surface area (Å²) in [6.07, 6.45) is 5.64. The number of amides is 2. The third kappa shape index (κ3) is 4.07. The zero-order valence-electron chi connectivity index (χ0n) is 14.7. The topological polar surface area (TPSA) is 67.2 Å². The Kier molecular flexibility index (Phi) is 5.16. The molecule has 2 heterocycles. The van der Waals surface area contributed by atoms with Gasteiger partial charge in [-0.2, -0.15) is 0 Å². The van der Waals surface area contributed by atoms with Crippen LogP contribution in [0.1, 0.15) is 25.8 Å². The first kappa shape index (κ1) is 17.2. The second-order valence-corrected chi connectivity index (χ2v) is 6.91. The van der Waals surface area contributed by atoms with Crippen molar-refractivity contribution < 1.29 is 9.59 Å². The maximum absolute atomic E-state index is 12.5. The number of para-hydroxylation sites is 1. The Bertz CT molecular complexity index is 740. The monoisotopic (exact) mass is 340 g/mol. The molecule has 0 saturated carbocycles. The summed E-state index contributed by atoms with van der Waals surface area (Å²) in [5, 5.41) is 2.99. The minimum absolute atomic E-state index is 0.0555. The van der Waals surface area contributed by atoms with E-state index in [-0.39, 0.29) is 17.7 Å². The van der Waals surface area contributed by atoms with E-state index < -0.39 is 0 Å². The normalized spacial score (nSPS) is 17.3. The van der Waals surface area contributed by atoms with Crippen LogP contribution in [0.15, 0.2) is 43.0 Å². The van der Waals surface area contributed by atoms with Crippen LogP contribution in [0.2, 0.25) is 0 Å². The molecule has 6 nitrogen and oxygen atoms in total. The molecule has 1 aliphatic heterocycles. The number of imidazole rings is 1. The number of carbonyl (C=O) groups is 2. The molecular formula is C19H24N4O2. The van der Waals surface area contributed by atoms with Crippen molar-refractivity contribution in [2.45, 2.75) is 26.8 Å². The summed E-state index contributed by atoms with van der Waals surface area (Å²) in [6, 6.07) is 7.89. The highest BCUT2D eigenvalue weighted by Gasteiger charge is 2.34. The van der Waals surface area contributed by atoms with E-state index in [4.69, 9.17) is 0 Å². The van der Waals surface area contributed by atoms with Crippen LogP contribution in [-0.4, -0.2) is 39.4 Å². The number of carbonyl (C=O) groups excluding carboxylic acids is 2. The second-order valence-electron chi connectivity index (χ2n) is 6.91. The van der Waals surface area contributed by atoms with E-state index in [9.17, 15) is 9.59 Å². The number of nitrogens with zero attached hydrogens (tertiary/aromatic N) is 3. The first-order chi connectivity index (χ1) is 12.0. The van der Waals surface area contributed by atoms with E-state index in [1.54, 1.807) is 17.4 Å². The maximum Gasteiger partial charge on any atom is 0.225 e. The molecule has 1 aliphatic rings. The van der Waals surface area contributed by atoms with Gasteiger partial charge in [-0.15, -0.1) is 0 Å². The molecule has 132 valence electrons. The average Bonchev–Trinajstić information content (AvgIpc) is 3.23. The predicted octanol–water partition coefficient (Wildman–Crippen LogP) is 1.99. The molecule has 1 saturated heterocycles. The van der Waals surface area contributed by atoms with Crippen LogP contribution in [-0.2, 0) is 16.1 Å². The van der Waals surface area contributed by atoms with Crippen molar-refractivity contribution in [1.29, 1.82) is 0 Å². The van der Waals surface area contributed by atoms with Gasteiger partial charge in [0.1, 0.15) is 0 Å². The minimum Gasteiger partial charge on any atom is -0.352 e. The summed E-state index contributed by atoms with van der Waals surface area (Å²) in [6.45, 7) is 5.82. The quantitative estimate of drug-likeness (QED) is 0.874.